The highest BCUT2D eigenvalue weighted by molar-refractivity contribution is 6.21. The van der Waals surface area contributed by atoms with Crippen LogP contribution in [-0.4, -0.2) is 0 Å². The average molecular weight is 875 g/mol. The second kappa shape index (κ2) is 16.8. The minimum atomic E-state index is -0.405. The van der Waals surface area contributed by atoms with E-state index in [9.17, 15) is 0 Å². The average Bonchev–Trinajstić information content (AvgIpc) is 3.73. The molecule has 0 bridgehead atoms. The summed E-state index contributed by atoms with van der Waals surface area (Å²) in [5, 5.41) is 7.55. The van der Waals surface area contributed by atoms with Crippen LogP contribution in [0.3, 0.4) is 0 Å². The van der Waals surface area contributed by atoms with Crippen molar-refractivity contribution < 1.29 is 0 Å². The van der Waals surface area contributed by atoms with Crippen LogP contribution in [0.2, 0.25) is 0 Å². The van der Waals surface area contributed by atoms with E-state index in [1.54, 1.807) is 0 Å². The van der Waals surface area contributed by atoms with Crippen LogP contribution in [0.25, 0.3) is 100 Å². The SMILES string of the molecule is C(=Cc1ccc(-c2c3ccccc3c(-c3ccc(-c4ccc(C5(c6ccccc6)c6ccccc6-c6ccccc65)cc4)cc3)c3ccccc23)cc1)c1ccc(-c2cccc3ccccc23)cc1. The van der Waals surface area contributed by atoms with Crippen molar-refractivity contribution in [1.82, 2.24) is 0 Å². The topological polar surface area (TPSA) is 0 Å². The predicted molar refractivity (Wildman–Crippen MR) is 293 cm³/mol. The zero-order valence-corrected chi connectivity index (χ0v) is 38.1. The van der Waals surface area contributed by atoms with E-state index < -0.39 is 5.41 Å². The van der Waals surface area contributed by atoms with Crippen molar-refractivity contribution in [3.8, 4) is 55.6 Å². The molecular formula is C69H46. The second-order valence-electron chi connectivity index (χ2n) is 18.3. The molecule has 0 heterocycles. The third kappa shape index (κ3) is 6.75. The number of rotatable bonds is 8. The molecule has 0 heteroatoms. The summed E-state index contributed by atoms with van der Waals surface area (Å²) >= 11 is 0. The molecule has 12 aromatic carbocycles. The van der Waals surface area contributed by atoms with Crippen LogP contribution in [0.1, 0.15) is 33.4 Å². The molecule has 0 fully saturated rings. The largest absolute Gasteiger partial charge is 0.0713 e. The number of hydrogen-bond acceptors (Lipinski definition) is 0. The maximum Gasteiger partial charge on any atom is 0.0713 e. The lowest BCUT2D eigenvalue weighted by Crippen LogP contribution is -2.28. The highest BCUT2D eigenvalue weighted by atomic mass is 14.5. The smallest absolute Gasteiger partial charge is 0.0622 e. The maximum absolute atomic E-state index is 2.35. The highest BCUT2D eigenvalue weighted by Gasteiger charge is 2.45. The zero-order valence-electron chi connectivity index (χ0n) is 38.1. The lowest BCUT2D eigenvalue weighted by molar-refractivity contribution is 0.768. The third-order valence-corrected chi connectivity index (χ3v) is 14.6. The van der Waals surface area contributed by atoms with E-state index in [-0.39, 0.29) is 0 Å². The van der Waals surface area contributed by atoms with Crippen LogP contribution in [0.5, 0.6) is 0 Å². The van der Waals surface area contributed by atoms with Crippen LogP contribution in [0.4, 0.5) is 0 Å². The van der Waals surface area contributed by atoms with Gasteiger partial charge in [-0.2, -0.15) is 0 Å². The fraction of sp³-hybridized carbons (Fsp3) is 0.0145. The fourth-order valence-corrected chi connectivity index (χ4v) is 11.4. The molecule has 0 radical (unpaired) electrons. The Balaban J connectivity index is 0.812. The molecule has 0 unspecified atom stereocenters. The van der Waals surface area contributed by atoms with Crippen molar-refractivity contribution in [3.63, 3.8) is 0 Å². The van der Waals surface area contributed by atoms with Gasteiger partial charge in [-0.25, -0.2) is 0 Å². The van der Waals surface area contributed by atoms with Gasteiger partial charge in [0.25, 0.3) is 0 Å². The van der Waals surface area contributed by atoms with Gasteiger partial charge in [0.2, 0.25) is 0 Å². The molecule has 69 heavy (non-hydrogen) atoms. The summed E-state index contributed by atoms with van der Waals surface area (Å²) < 4.78 is 0. The van der Waals surface area contributed by atoms with E-state index in [1.165, 1.54) is 121 Å². The Bertz CT molecular complexity index is 3780. The van der Waals surface area contributed by atoms with Crippen LogP contribution >= 0.6 is 0 Å². The van der Waals surface area contributed by atoms with Gasteiger partial charge in [0.05, 0.1) is 5.41 Å². The molecule has 0 saturated carbocycles. The van der Waals surface area contributed by atoms with E-state index in [1.807, 2.05) is 0 Å². The Morgan fingerprint density at radius 2 is 0.594 bits per heavy atom. The number of fused-ring (bicyclic) bond motifs is 6. The summed E-state index contributed by atoms with van der Waals surface area (Å²) in [5.41, 5.74) is 19.6. The fourth-order valence-electron chi connectivity index (χ4n) is 11.4. The quantitative estimate of drug-likeness (QED) is 0.105. The molecule has 0 spiro atoms. The van der Waals surface area contributed by atoms with E-state index in [2.05, 4.69) is 279 Å². The summed E-state index contributed by atoms with van der Waals surface area (Å²) in [6.45, 7) is 0. The third-order valence-electron chi connectivity index (χ3n) is 14.6. The van der Waals surface area contributed by atoms with Gasteiger partial charge in [0, 0.05) is 0 Å². The lowest BCUT2D eigenvalue weighted by Gasteiger charge is -2.34. The molecule has 13 rings (SSSR count). The summed E-state index contributed by atoms with van der Waals surface area (Å²) in [6.07, 6.45) is 4.42. The van der Waals surface area contributed by atoms with Crippen molar-refractivity contribution in [2.75, 3.05) is 0 Å². The van der Waals surface area contributed by atoms with Gasteiger partial charge in [-0.3, -0.25) is 0 Å². The van der Waals surface area contributed by atoms with Gasteiger partial charge in [-0.05, 0) is 121 Å². The Labute approximate surface area is 403 Å². The second-order valence-corrected chi connectivity index (χ2v) is 18.3. The van der Waals surface area contributed by atoms with Gasteiger partial charge in [0.1, 0.15) is 0 Å². The van der Waals surface area contributed by atoms with Crippen LogP contribution in [-0.2, 0) is 5.41 Å². The van der Waals surface area contributed by atoms with Crippen molar-refractivity contribution in [2.45, 2.75) is 5.41 Å². The molecule has 0 saturated heterocycles. The molecule has 0 atom stereocenters. The van der Waals surface area contributed by atoms with E-state index >= 15 is 0 Å². The molecule has 0 amide bonds. The Morgan fingerprint density at radius 3 is 1.13 bits per heavy atom. The van der Waals surface area contributed by atoms with Crippen LogP contribution < -0.4 is 0 Å². The normalized spacial score (nSPS) is 12.7. The molecule has 0 nitrogen and oxygen atoms in total. The first-order valence-electron chi connectivity index (χ1n) is 24.0. The molecule has 0 N–H and O–H groups in total. The summed E-state index contributed by atoms with van der Waals surface area (Å²) in [4.78, 5) is 0. The van der Waals surface area contributed by atoms with Crippen LogP contribution in [0, 0.1) is 0 Å². The van der Waals surface area contributed by atoms with Crippen molar-refractivity contribution in [1.29, 1.82) is 0 Å². The first-order valence-corrected chi connectivity index (χ1v) is 24.0. The maximum atomic E-state index is 2.35. The molecule has 322 valence electrons. The van der Waals surface area contributed by atoms with Gasteiger partial charge in [-0.1, -0.05) is 279 Å². The molecule has 0 aliphatic heterocycles. The lowest BCUT2D eigenvalue weighted by atomic mass is 9.67. The first-order chi connectivity index (χ1) is 34.2. The van der Waals surface area contributed by atoms with Gasteiger partial charge in [0.15, 0.2) is 0 Å². The minimum absolute atomic E-state index is 0.405. The van der Waals surface area contributed by atoms with Crippen molar-refractivity contribution in [3.05, 3.63) is 300 Å². The standard InChI is InChI=1S/C69H46/c1-2-17-55(18-3-1)69(65-27-12-10-20-59(65)60-21-11-13-28-66(60)69)56-45-43-50(44-46-56)49-39-41-54(42-40-49)68-63-24-8-6-22-61(63)67(62-23-7-9-25-64(62)68)53-37-33-48(34-38-53)30-29-47-31-35-52(36-32-47)58-26-14-16-51-15-4-5-19-57(51)58/h1-46H. The summed E-state index contributed by atoms with van der Waals surface area (Å²) in [5.74, 6) is 0. The predicted octanol–water partition coefficient (Wildman–Crippen LogP) is 18.3. The zero-order chi connectivity index (χ0) is 45.7. The van der Waals surface area contributed by atoms with Crippen molar-refractivity contribution in [2.24, 2.45) is 0 Å². The Kier molecular flexibility index (Phi) is 9.84. The van der Waals surface area contributed by atoms with Gasteiger partial charge in [-0.15, -0.1) is 0 Å². The molecular weight excluding hydrogens is 829 g/mol. The Hall–Kier alpha value is -8.84. The Morgan fingerprint density at radius 1 is 0.232 bits per heavy atom. The highest BCUT2D eigenvalue weighted by Crippen LogP contribution is 2.56. The van der Waals surface area contributed by atoms with Crippen LogP contribution in [0.15, 0.2) is 267 Å². The summed E-state index contributed by atoms with van der Waals surface area (Å²) in [6, 6.07) is 98.3. The molecule has 12 aromatic rings. The van der Waals surface area contributed by atoms with E-state index in [4.69, 9.17) is 0 Å². The summed E-state index contributed by atoms with van der Waals surface area (Å²) in [7, 11) is 0. The number of benzene rings is 12. The van der Waals surface area contributed by atoms with E-state index in [0.717, 1.165) is 0 Å². The van der Waals surface area contributed by atoms with E-state index in [0.29, 0.717) is 0 Å². The van der Waals surface area contributed by atoms with Gasteiger partial charge >= 0.3 is 0 Å². The monoisotopic (exact) mass is 874 g/mol. The molecule has 0 aromatic heterocycles. The van der Waals surface area contributed by atoms with Gasteiger partial charge < -0.3 is 0 Å². The molecule has 1 aliphatic carbocycles. The minimum Gasteiger partial charge on any atom is -0.0622 e. The molecule has 1 aliphatic rings. The van der Waals surface area contributed by atoms with Crippen molar-refractivity contribution >= 4 is 44.5 Å². The first kappa shape index (κ1) is 40.4. The number of hydrogen-bond donors (Lipinski definition) is 0.